The molecule has 4 N–H and O–H groups in total. The van der Waals surface area contributed by atoms with Gasteiger partial charge in [-0.15, -0.1) is 0 Å². The van der Waals surface area contributed by atoms with Crippen molar-refractivity contribution in [2.75, 3.05) is 23.5 Å². The fraction of sp³-hybridized carbons (Fsp3) is 0.444. The first-order chi connectivity index (χ1) is 8.82. The maximum absolute atomic E-state index is 11.9. The molecule has 10 heteroatoms. The highest BCUT2D eigenvalue weighted by Gasteiger charge is 2.20. The Morgan fingerprint density at radius 3 is 2.58 bits per heavy atom. The zero-order valence-electron chi connectivity index (χ0n) is 10.3. The second-order valence-electron chi connectivity index (χ2n) is 3.63. The summed E-state index contributed by atoms with van der Waals surface area (Å²) in [5.74, 6) is 4.89. The number of hydrazine groups is 1. The maximum Gasteiger partial charge on any atom is 0.260 e. The van der Waals surface area contributed by atoms with Crippen LogP contribution in [0.4, 0.5) is 5.69 Å². The number of nitrogens with two attached hydrogens (primary N) is 1. The van der Waals surface area contributed by atoms with E-state index in [1.807, 2.05) is 0 Å². The SMILES string of the molecule is CCS(=O)(=O)CCNS(=O)(=O)c1ncccc1NN. The number of nitrogen functional groups attached to an aromatic ring is 1. The van der Waals surface area contributed by atoms with Crippen LogP contribution in [0.1, 0.15) is 6.92 Å². The van der Waals surface area contributed by atoms with Crippen LogP contribution in [-0.2, 0) is 19.9 Å². The van der Waals surface area contributed by atoms with Crippen LogP contribution in [0.5, 0.6) is 0 Å². The van der Waals surface area contributed by atoms with E-state index in [0.29, 0.717) is 0 Å². The van der Waals surface area contributed by atoms with Gasteiger partial charge in [-0.05, 0) is 12.1 Å². The molecule has 0 atom stereocenters. The van der Waals surface area contributed by atoms with Crippen LogP contribution >= 0.6 is 0 Å². The predicted molar refractivity (Wildman–Crippen MR) is 71.6 cm³/mol. The standard InChI is InChI=1S/C9H16N4O4S2/c1-2-18(14,15)7-6-12-19(16,17)9-8(13-10)4-3-5-11-9/h3-5,12-13H,2,6-7,10H2,1H3. The van der Waals surface area contributed by atoms with Gasteiger partial charge in [-0.25, -0.2) is 26.5 Å². The number of pyridine rings is 1. The van der Waals surface area contributed by atoms with E-state index in [-0.39, 0.29) is 28.8 Å². The molecule has 0 aliphatic carbocycles. The Morgan fingerprint density at radius 1 is 1.32 bits per heavy atom. The number of nitrogens with one attached hydrogen (secondary N) is 2. The topological polar surface area (TPSA) is 131 Å². The first kappa shape index (κ1) is 15.8. The summed E-state index contributed by atoms with van der Waals surface area (Å²) in [6.45, 7) is 1.29. The van der Waals surface area contributed by atoms with Crippen molar-refractivity contribution in [2.24, 2.45) is 5.84 Å². The van der Waals surface area contributed by atoms with Crippen molar-refractivity contribution in [1.29, 1.82) is 0 Å². The highest BCUT2D eigenvalue weighted by atomic mass is 32.2. The second-order valence-corrected chi connectivity index (χ2v) is 7.79. The molecule has 0 amide bonds. The van der Waals surface area contributed by atoms with Gasteiger partial charge < -0.3 is 5.43 Å². The second kappa shape index (κ2) is 6.28. The Kier molecular flexibility index (Phi) is 5.23. The molecule has 19 heavy (non-hydrogen) atoms. The van der Waals surface area contributed by atoms with Crippen LogP contribution in [0.2, 0.25) is 0 Å². The van der Waals surface area contributed by atoms with Crippen molar-refractivity contribution in [2.45, 2.75) is 11.9 Å². The summed E-state index contributed by atoms with van der Waals surface area (Å²) in [6.07, 6.45) is 1.30. The first-order valence-electron chi connectivity index (χ1n) is 5.44. The molecule has 1 aromatic heterocycles. The fourth-order valence-electron chi connectivity index (χ4n) is 1.26. The molecule has 0 aliphatic heterocycles. The summed E-state index contributed by atoms with van der Waals surface area (Å²) in [5.41, 5.74) is 2.35. The van der Waals surface area contributed by atoms with Crippen LogP contribution in [0.3, 0.4) is 0 Å². The minimum Gasteiger partial charge on any atom is -0.321 e. The third-order valence-corrected chi connectivity index (χ3v) is 5.45. The summed E-state index contributed by atoms with van der Waals surface area (Å²) in [5, 5.41) is -0.272. The molecule has 0 saturated heterocycles. The Morgan fingerprint density at radius 2 is 2.00 bits per heavy atom. The lowest BCUT2D eigenvalue weighted by Gasteiger charge is -2.09. The zero-order valence-corrected chi connectivity index (χ0v) is 12.0. The molecule has 0 fully saturated rings. The van der Waals surface area contributed by atoms with E-state index in [2.05, 4.69) is 15.1 Å². The molecule has 0 aliphatic rings. The van der Waals surface area contributed by atoms with E-state index in [0.717, 1.165) is 0 Å². The Bertz CT molecular complexity index is 627. The van der Waals surface area contributed by atoms with Crippen molar-refractivity contribution in [3.05, 3.63) is 18.3 Å². The van der Waals surface area contributed by atoms with Crippen molar-refractivity contribution in [1.82, 2.24) is 9.71 Å². The van der Waals surface area contributed by atoms with Crippen molar-refractivity contribution < 1.29 is 16.8 Å². The minimum absolute atomic E-state index is 0.0338. The normalized spacial score (nSPS) is 12.3. The van der Waals surface area contributed by atoms with E-state index in [4.69, 9.17) is 5.84 Å². The van der Waals surface area contributed by atoms with Gasteiger partial charge in [0.1, 0.15) is 0 Å². The highest BCUT2D eigenvalue weighted by Crippen LogP contribution is 2.15. The number of aromatic nitrogens is 1. The molecular weight excluding hydrogens is 292 g/mol. The van der Waals surface area contributed by atoms with Gasteiger partial charge in [-0.1, -0.05) is 6.92 Å². The number of hydrogen-bond acceptors (Lipinski definition) is 7. The smallest absolute Gasteiger partial charge is 0.260 e. The maximum atomic E-state index is 11.9. The monoisotopic (exact) mass is 308 g/mol. The average molecular weight is 308 g/mol. The largest absolute Gasteiger partial charge is 0.321 e. The van der Waals surface area contributed by atoms with Crippen LogP contribution in [0.15, 0.2) is 23.4 Å². The molecule has 0 radical (unpaired) electrons. The predicted octanol–water partition coefficient (Wildman–Crippen LogP) is -0.920. The number of rotatable bonds is 7. The number of sulfonamides is 1. The van der Waals surface area contributed by atoms with E-state index in [1.165, 1.54) is 25.3 Å². The Hall–Kier alpha value is -1.23. The Labute approximate surface area is 112 Å². The molecule has 0 unspecified atom stereocenters. The number of sulfone groups is 1. The van der Waals surface area contributed by atoms with Gasteiger partial charge in [0.25, 0.3) is 10.0 Å². The molecule has 0 aromatic carbocycles. The number of nitrogens with zero attached hydrogens (tertiary/aromatic N) is 1. The highest BCUT2D eigenvalue weighted by molar-refractivity contribution is 7.91. The van der Waals surface area contributed by atoms with Gasteiger partial charge in [0.05, 0.1) is 11.4 Å². The third kappa shape index (κ3) is 4.42. The lowest BCUT2D eigenvalue weighted by atomic mass is 10.4. The quantitative estimate of drug-likeness (QED) is 0.438. The lowest BCUT2D eigenvalue weighted by molar-refractivity contribution is 0.578. The third-order valence-electron chi connectivity index (χ3n) is 2.33. The van der Waals surface area contributed by atoms with Gasteiger partial charge >= 0.3 is 0 Å². The fourth-order valence-corrected chi connectivity index (χ4v) is 3.21. The van der Waals surface area contributed by atoms with Crippen LogP contribution in [0, 0.1) is 0 Å². The first-order valence-corrected chi connectivity index (χ1v) is 8.74. The van der Waals surface area contributed by atoms with Gasteiger partial charge in [0.2, 0.25) is 0 Å². The average Bonchev–Trinajstić information content (AvgIpc) is 2.38. The molecule has 8 nitrogen and oxygen atoms in total. The van der Waals surface area contributed by atoms with Crippen LogP contribution in [-0.4, -0.2) is 39.9 Å². The van der Waals surface area contributed by atoms with Gasteiger partial charge in [0, 0.05) is 18.5 Å². The molecule has 0 saturated carbocycles. The molecule has 108 valence electrons. The summed E-state index contributed by atoms with van der Waals surface area (Å²) in [4.78, 5) is 3.71. The summed E-state index contributed by atoms with van der Waals surface area (Å²) < 4.78 is 48.5. The summed E-state index contributed by atoms with van der Waals surface area (Å²) in [6, 6.07) is 2.97. The molecule has 0 spiro atoms. The summed E-state index contributed by atoms with van der Waals surface area (Å²) >= 11 is 0. The van der Waals surface area contributed by atoms with E-state index >= 15 is 0 Å². The van der Waals surface area contributed by atoms with Crippen molar-refractivity contribution >= 4 is 25.5 Å². The van der Waals surface area contributed by atoms with Gasteiger partial charge in [-0.2, -0.15) is 0 Å². The van der Waals surface area contributed by atoms with Crippen molar-refractivity contribution in [3.63, 3.8) is 0 Å². The van der Waals surface area contributed by atoms with E-state index in [9.17, 15) is 16.8 Å². The molecule has 0 bridgehead atoms. The van der Waals surface area contributed by atoms with E-state index < -0.39 is 19.9 Å². The Balaban J connectivity index is 2.82. The molecule has 1 heterocycles. The lowest BCUT2D eigenvalue weighted by Crippen LogP contribution is -2.31. The molecule has 1 aromatic rings. The van der Waals surface area contributed by atoms with Crippen LogP contribution < -0.4 is 16.0 Å². The van der Waals surface area contributed by atoms with Crippen LogP contribution in [0.25, 0.3) is 0 Å². The minimum atomic E-state index is -3.90. The van der Waals surface area contributed by atoms with Crippen molar-refractivity contribution in [3.8, 4) is 0 Å². The molecule has 1 rings (SSSR count). The van der Waals surface area contributed by atoms with Gasteiger partial charge in [0.15, 0.2) is 14.9 Å². The zero-order chi connectivity index (χ0) is 14.5. The number of hydrogen-bond donors (Lipinski definition) is 3. The molecular formula is C9H16N4O4S2. The number of anilines is 1. The van der Waals surface area contributed by atoms with E-state index in [1.54, 1.807) is 0 Å². The van der Waals surface area contributed by atoms with Gasteiger partial charge in [-0.3, -0.25) is 5.84 Å². The summed E-state index contributed by atoms with van der Waals surface area (Å²) in [7, 11) is -7.13.